The van der Waals surface area contributed by atoms with Gasteiger partial charge in [-0.05, 0) is 41.5 Å². The van der Waals surface area contributed by atoms with Crippen LogP contribution in [0.25, 0.3) is 6.08 Å². The maximum absolute atomic E-state index is 12.7. The van der Waals surface area contributed by atoms with Crippen LogP contribution in [0.1, 0.15) is 15.9 Å². The Labute approximate surface area is 160 Å². The van der Waals surface area contributed by atoms with Crippen molar-refractivity contribution in [2.45, 2.75) is 0 Å². The Balaban J connectivity index is 1.85. The zero-order valence-electron chi connectivity index (χ0n) is 14.1. The number of anilines is 2. The first kappa shape index (κ1) is 18.2. The summed E-state index contributed by atoms with van der Waals surface area (Å²) in [5.41, 5.74) is 2.56. The van der Waals surface area contributed by atoms with E-state index < -0.39 is 5.97 Å². The second kappa shape index (κ2) is 7.31. The average molecular weight is 383 g/mol. The molecule has 0 bridgehead atoms. The SMILES string of the molecule is CN(C)c1ccc(/C=C2\SC(=S)N(c3ccc(C(=O)[O-])cc3)C2=O)cc1. The Morgan fingerprint density at radius 2 is 1.73 bits per heavy atom. The molecule has 7 heteroatoms. The smallest absolute Gasteiger partial charge is 0.270 e. The minimum atomic E-state index is -1.26. The van der Waals surface area contributed by atoms with Crippen molar-refractivity contribution in [2.75, 3.05) is 23.9 Å². The highest BCUT2D eigenvalue weighted by Gasteiger charge is 2.33. The topological polar surface area (TPSA) is 63.7 Å². The first-order chi connectivity index (χ1) is 12.4. The molecule has 2 aromatic rings. The van der Waals surface area contributed by atoms with Crippen LogP contribution in [0.2, 0.25) is 0 Å². The molecule has 0 aliphatic carbocycles. The fourth-order valence-electron chi connectivity index (χ4n) is 2.46. The van der Waals surface area contributed by atoms with Crippen LogP contribution in [0.15, 0.2) is 53.4 Å². The van der Waals surface area contributed by atoms with Crippen LogP contribution in [0.4, 0.5) is 11.4 Å². The number of hydrogen-bond donors (Lipinski definition) is 0. The largest absolute Gasteiger partial charge is 0.545 e. The van der Waals surface area contributed by atoms with Gasteiger partial charge in [-0.1, -0.05) is 48.2 Å². The van der Waals surface area contributed by atoms with Crippen molar-refractivity contribution in [2.24, 2.45) is 0 Å². The van der Waals surface area contributed by atoms with Gasteiger partial charge in [0.15, 0.2) is 4.32 Å². The minimum Gasteiger partial charge on any atom is -0.545 e. The molecule has 0 atom stereocenters. The molecule has 1 fully saturated rings. The van der Waals surface area contributed by atoms with Crippen molar-refractivity contribution in [1.29, 1.82) is 0 Å². The molecule has 1 aliphatic heterocycles. The zero-order valence-corrected chi connectivity index (χ0v) is 15.8. The highest BCUT2D eigenvalue weighted by atomic mass is 32.2. The molecule has 1 amide bonds. The van der Waals surface area contributed by atoms with Crippen LogP contribution in [-0.4, -0.2) is 30.3 Å². The van der Waals surface area contributed by atoms with E-state index in [2.05, 4.69) is 0 Å². The maximum Gasteiger partial charge on any atom is 0.270 e. The lowest BCUT2D eigenvalue weighted by Gasteiger charge is -2.15. The van der Waals surface area contributed by atoms with Gasteiger partial charge in [-0.25, -0.2) is 0 Å². The molecular weight excluding hydrogens is 368 g/mol. The first-order valence-corrected chi connectivity index (χ1v) is 8.96. The van der Waals surface area contributed by atoms with Gasteiger partial charge in [0.05, 0.1) is 16.6 Å². The number of rotatable bonds is 4. The van der Waals surface area contributed by atoms with Crippen LogP contribution in [0.3, 0.4) is 0 Å². The molecule has 0 saturated carbocycles. The van der Waals surface area contributed by atoms with Gasteiger partial charge in [-0.2, -0.15) is 0 Å². The van der Waals surface area contributed by atoms with Crippen LogP contribution in [-0.2, 0) is 4.79 Å². The van der Waals surface area contributed by atoms with Gasteiger partial charge in [0, 0.05) is 19.8 Å². The van der Waals surface area contributed by atoms with E-state index in [0.29, 0.717) is 14.9 Å². The summed E-state index contributed by atoms with van der Waals surface area (Å²) in [5.74, 6) is -1.49. The Morgan fingerprint density at radius 1 is 1.12 bits per heavy atom. The van der Waals surface area contributed by atoms with E-state index in [4.69, 9.17) is 12.2 Å². The van der Waals surface area contributed by atoms with Crippen LogP contribution in [0.5, 0.6) is 0 Å². The summed E-state index contributed by atoms with van der Waals surface area (Å²) in [6.07, 6.45) is 1.80. The number of thiocarbonyl (C=S) groups is 1. The number of carbonyl (C=O) groups excluding carboxylic acids is 2. The normalized spacial score (nSPS) is 15.6. The van der Waals surface area contributed by atoms with E-state index in [1.807, 2.05) is 43.3 Å². The number of amides is 1. The fourth-order valence-corrected chi connectivity index (χ4v) is 3.76. The van der Waals surface area contributed by atoms with Crippen LogP contribution in [0, 0.1) is 0 Å². The monoisotopic (exact) mass is 383 g/mol. The van der Waals surface area contributed by atoms with Gasteiger partial charge < -0.3 is 14.8 Å². The van der Waals surface area contributed by atoms with E-state index in [1.54, 1.807) is 18.2 Å². The maximum atomic E-state index is 12.7. The Kier molecular flexibility index (Phi) is 5.11. The molecule has 26 heavy (non-hydrogen) atoms. The molecular formula is C19H15N2O3S2-. The van der Waals surface area contributed by atoms with Gasteiger partial charge in [0.25, 0.3) is 5.91 Å². The summed E-state index contributed by atoms with van der Waals surface area (Å²) in [7, 11) is 3.93. The van der Waals surface area contributed by atoms with Crippen molar-refractivity contribution in [3.63, 3.8) is 0 Å². The van der Waals surface area contributed by atoms with Crippen molar-refractivity contribution in [3.05, 3.63) is 64.6 Å². The second-order valence-corrected chi connectivity index (χ2v) is 7.51. The van der Waals surface area contributed by atoms with E-state index in [0.717, 1.165) is 11.3 Å². The average Bonchev–Trinajstić information content (AvgIpc) is 2.89. The van der Waals surface area contributed by atoms with Gasteiger partial charge in [-0.3, -0.25) is 9.69 Å². The highest BCUT2D eigenvalue weighted by Crippen LogP contribution is 2.36. The minimum absolute atomic E-state index is 0.0516. The second-order valence-electron chi connectivity index (χ2n) is 5.84. The van der Waals surface area contributed by atoms with Gasteiger partial charge in [-0.15, -0.1) is 0 Å². The number of nitrogens with zero attached hydrogens (tertiary/aromatic N) is 2. The molecule has 5 nitrogen and oxygen atoms in total. The number of thioether (sulfide) groups is 1. The lowest BCUT2D eigenvalue weighted by molar-refractivity contribution is -0.255. The lowest BCUT2D eigenvalue weighted by Crippen LogP contribution is -2.28. The van der Waals surface area contributed by atoms with Crippen LogP contribution >= 0.6 is 24.0 Å². The molecule has 0 radical (unpaired) electrons. The van der Waals surface area contributed by atoms with E-state index >= 15 is 0 Å². The number of aromatic carboxylic acids is 1. The quantitative estimate of drug-likeness (QED) is 0.597. The third kappa shape index (κ3) is 3.63. The fraction of sp³-hybridized carbons (Fsp3) is 0.105. The highest BCUT2D eigenvalue weighted by molar-refractivity contribution is 8.27. The first-order valence-electron chi connectivity index (χ1n) is 7.73. The summed E-state index contributed by atoms with van der Waals surface area (Å²) < 4.78 is 0.410. The van der Waals surface area contributed by atoms with Crippen molar-refractivity contribution in [1.82, 2.24) is 0 Å². The predicted molar refractivity (Wildman–Crippen MR) is 107 cm³/mol. The van der Waals surface area contributed by atoms with Crippen LogP contribution < -0.4 is 14.9 Å². The molecule has 1 aliphatic rings. The molecule has 0 unspecified atom stereocenters. The molecule has 2 aromatic carbocycles. The molecule has 132 valence electrons. The van der Waals surface area contributed by atoms with Crippen molar-refractivity contribution in [3.8, 4) is 0 Å². The number of carboxylic acids is 1. The standard InChI is InChI=1S/C19H16N2O3S2/c1-20(2)14-7-3-12(4-8-14)11-16-17(22)21(19(25)26-16)15-9-5-13(6-10-15)18(23)24/h3-11H,1-2H3,(H,23,24)/p-1/b16-11-. The third-order valence-corrected chi connectivity index (χ3v) is 5.16. The Morgan fingerprint density at radius 3 is 2.27 bits per heavy atom. The molecule has 0 aromatic heterocycles. The summed E-state index contributed by atoms with van der Waals surface area (Å²) >= 11 is 6.55. The molecule has 0 spiro atoms. The van der Waals surface area contributed by atoms with E-state index in [-0.39, 0.29) is 11.5 Å². The van der Waals surface area contributed by atoms with Crippen molar-refractivity contribution < 1.29 is 14.7 Å². The molecule has 3 rings (SSSR count). The predicted octanol–water partition coefficient (Wildman–Crippen LogP) is 2.52. The Hall–Kier alpha value is -2.64. The summed E-state index contributed by atoms with van der Waals surface area (Å²) in [4.78, 5) is 27.5. The molecule has 0 N–H and O–H groups in total. The Bertz CT molecular complexity index is 903. The summed E-state index contributed by atoms with van der Waals surface area (Å²) in [6, 6.07) is 13.7. The van der Waals surface area contributed by atoms with Gasteiger partial charge >= 0.3 is 0 Å². The third-order valence-electron chi connectivity index (χ3n) is 3.86. The summed E-state index contributed by atoms with van der Waals surface area (Å²) in [5, 5.41) is 10.8. The number of carbonyl (C=O) groups is 2. The van der Waals surface area contributed by atoms with Crippen molar-refractivity contribution >= 4 is 57.6 Å². The van der Waals surface area contributed by atoms with E-state index in [1.165, 1.54) is 28.8 Å². The van der Waals surface area contributed by atoms with E-state index in [9.17, 15) is 14.7 Å². The molecule has 1 heterocycles. The number of benzene rings is 2. The van der Waals surface area contributed by atoms with Gasteiger partial charge in [0.2, 0.25) is 0 Å². The number of carboxylic acid groups (broad SMARTS) is 1. The summed E-state index contributed by atoms with van der Waals surface area (Å²) in [6.45, 7) is 0. The number of hydrogen-bond acceptors (Lipinski definition) is 6. The van der Waals surface area contributed by atoms with Gasteiger partial charge in [0.1, 0.15) is 0 Å². The zero-order chi connectivity index (χ0) is 18.8. The lowest BCUT2D eigenvalue weighted by atomic mass is 10.1. The molecule has 1 saturated heterocycles.